The van der Waals surface area contributed by atoms with E-state index >= 15 is 0 Å². The number of hydrogen-bond acceptors (Lipinski definition) is 3. The third-order valence-corrected chi connectivity index (χ3v) is 3.54. The van der Waals surface area contributed by atoms with E-state index in [9.17, 15) is 9.59 Å². The van der Waals surface area contributed by atoms with Crippen molar-refractivity contribution in [3.05, 3.63) is 12.2 Å². The third kappa shape index (κ3) is 3.40. The zero-order chi connectivity index (χ0) is 12.1. The first-order chi connectivity index (χ1) is 8.27. The molecule has 1 atom stereocenters. The molecule has 94 valence electrons. The maximum absolute atomic E-state index is 11.3. The van der Waals surface area contributed by atoms with Gasteiger partial charge in [-0.3, -0.25) is 14.5 Å². The Kier molecular flexibility index (Phi) is 4.31. The van der Waals surface area contributed by atoms with E-state index in [4.69, 9.17) is 0 Å². The van der Waals surface area contributed by atoms with Crippen molar-refractivity contribution in [1.82, 2.24) is 10.2 Å². The lowest BCUT2D eigenvalue weighted by Gasteiger charge is -2.17. The average molecular weight is 236 g/mol. The Hall–Kier alpha value is -1.16. The number of imide groups is 1. The smallest absolute Gasteiger partial charge is 0.253 e. The highest BCUT2D eigenvalue weighted by molar-refractivity contribution is 6.12. The molecule has 17 heavy (non-hydrogen) atoms. The molecule has 2 aliphatic rings. The van der Waals surface area contributed by atoms with Crippen molar-refractivity contribution in [2.45, 2.75) is 32.1 Å². The molecule has 2 amide bonds. The minimum Gasteiger partial charge on any atom is -0.316 e. The first-order valence-electron chi connectivity index (χ1n) is 6.51. The van der Waals surface area contributed by atoms with Gasteiger partial charge < -0.3 is 5.32 Å². The highest BCUT2D eigenvalue weighted by atomic mass is 16.2. The molecular weight excluding hydrogens is 216 g/mol. The van der Waals surface area contributed by atoms with Crippen LogP contribution in [-0.2, 0) is 9.59 Å². The lowest BCUT2D eigenvalue weighted by atomic mass is 9.98. The summed E-state index contributed by atoms with van der Waals surface area (Å²) < 4.78 is 0. The van der Waals surface area contributed by atoms with Crippen LogP contribution in [0.3, 0.4) is 0 Å². The van der Waals surface area contributed by atoms with Crippen LogP contribution >= 0.6 is 0 Å². The van der Waals surface area contributed by atoms with Gasteiger partial charge in [-0.1, -0.05) is 6.42 Å². The Labute approximate surface area is 102 Å². The van der Waals surface area contributed by atoms with Crippen LogP contribution in [0.4, 0.5) is 0 Å². The topological polar surface area (TPSA) is 49.4 Å². The molecule has 0 radical (unpaired) electrons. The molecule has 2 rings (SSSR count). The van der Waals surface area contributed by atoms with E-state index in [0.717, 1.165) is 25.9 Å². The van der Waals surface area contributed by atoms with Crippen molar-refractivity contribution in [3.63, 3.8) is 0 Å². The molecule has 4 heteroatoms. The molecule has 0 aromatic rings. The summed E-state index contributed by atoms with van der Waals surface area (Å²) in [5.41, 5.74) is 0. The van der Waals surface area contributed by atoms with Crippen LogP contribution < -0.4 is 5.32 Å². The van der Waals surface area contributed by atoms with Crippen LogP contribution in [0.2, 0.25) is 0 Å². The Balaban J connectivity index is 1.68. The van der Waals surface area contributed by atoms with Crippen molar-refractivity contribution >= 4 is 11.8 Å². The number of amides is 2. The van der Waals surface area contributed by atoms with Crippen LogP contribution in [0.5, 0.6) is 0 Å². The van der Waals surface area contributed by atoms with E-state index in [2.05, 4.69) is 5.32 Å². The fourth-order valence-electron chi connectivity index (χ4n) is 2.53. The zero-order valence-electron chi connectivity index (χ0n) is 10.2. The van der Waals surface area contributed by atoms with Gasteiger partial charge in [-0.05, 0) is 44.7 Å². The first kappa shape index (κ1) is 12.3. The second-order valence-electron chi connectivity index (χ2n) is 4.87. The summed E-state index contributed by atoms with van der Waals surface area (Å²) in [5, 5.41) is 3.43. The molecule has 0 saturated carbocycles. The molecule has 4 nitrogen and oxygen atoms in total. The molecule has 0 spiro atoms. The SMILES string of the molecule is O=C1C=CC(=O)N1CCCC1CCCCNC1. The standard InChI is InChI=1S/C13H20N2O2/c16-12-6-7-13(17)15(12)9-3-5-11-4-1-2-8-14-10-11/h6-7,11,14H,1-5,8-10H2. The third-order valence-electron chi connectivity index (χ3n) is 3.54. The van der Waals surface area contributed by atoms with Gasteiger partial charge in [0.2, 0.25) is 0 Å². The van der Waals surface area contributed by atoms with E-state index in [0.29, 0.717) is 12.5 Å². The Morgan fingerprint density at radius 3 is 2.76 bits per heavy atom. The molecular formula is C13H20N2O2. The molecule has 1 saturated heterocycles. The molecule has 1 fully saturated rings. The van der Waals surface area contributed by atoms with Gasteiger partial charge in [0.05, 0.1) is 0 Å². The Bertz CT molecular complexity index is 299. The maximum Gasteiger partial charge on any atom is 0.253 e. The van der Waals surface area contributed by atoms with E-state index in [1.807, 2.05) is 0 Å². The summed E-state index contributed by atoms with van der Waals surface area (Å²) >= 11 is 0. The van der Waals surface area contributed by atoms with Crippen LogP contribution in [0, 0.1) is 5.92 Å². The van der Waals surface area contributed by atoms with Gasteiger partial charge in [0.1, 0.15) is 0 Å². The van der Waals surface area contributed by atoms with Crippen LogP contribution in [0.15, 0.2) is 12.2 Å². The van der Waals surface area contributed by atoms with Gasteiger partial charge in [0, 0.05) is 18.7 Å². The summed E-state index contributed by atoms with van der Waals surface area (Å²) in [6.45, 7) is 2.78. The molecule has 2 heterocycles. The van der Waals surface area contributed by atoms with Crippen molar-refractivity contribution < 1.29 is 9.59 Å². The van der Waals surface area contributed by atoms with Gasteiger partial charge in [-0.25, -0.2) is 0 Å². The van der Waals surface area contributed by atoms with Crippen molar-refractivity contribution in [1.29, 1.82) is 0 Å². The van der Waals surface area contributed by atoms with Gasteiger partial charge in [-0.2, -0.15) is 0 Å². The number of hydrogen-bond donors (Lipinski definition) is 1. The fourth-order valence-corrected chi connectivity index (χ4v) is 2.53. The molecule has 0 bridgehead atoms. The monoisotopic (exact) mass is 236 g/mol. The number of carbonyl (C=O) groups is 2. The summed E-state index contributed by atoms with van der Waals surface area (Å²) in [6.07, 6.45) is 8.57. The minimum absolute atomic E-state index is 0.158. The minimum atomic E-state index is -0.158. The predicted molar refractivity (Wildman–Crippen MR) is 65.3 cm³/mol. The summed E-state index contributed by atoms with van der Waals surface area (Å²) in [4.78, 5) is 24.0. The predicted octanol–water partition coefficient (Wildman–Crippen LogP) is 1.08. The quantitative estimate of drug-likeness (QED) is 0.743. The number of carbonyl (C=O) groups excluding carboxylic acids is 2. The molecule has 0 aliphatic carbocycles. The highest BCUT2D eigenvalue weighted by Gasteiger charge is 2.22. The lowest BCUT2D eigenvalue weighted by Crippen LogP contribution is -2.31. The summed E-state index contributed by atoms with van der Waals surface area (Å²) in [7, 11) is 0. The fraction of sp³-hybridized carbons (Fsp3) is 0.692. The van der Waals surface area contributed by atoms with Crippen molar-refractivity contribution in [2.24, 2.45) is 5.92 Å². The second-order valence-corrected chi connectivity index (χ2v) is 4.87. The van der Waals surface area contributed by atoms with E-state index in [-0.39, 0.29) is 11.8 Å². The van der Waals surface area contributed by atoms with E-state index < -0.39 is 0 Å². The summed E-state index contributed by atoms with van der Waals surface area (Å²) in [6, 6.07) is 0. The van der Waals surface area contributed by atoms with E-state index in [1.165, 1.54) is 36.3 Å². The summed E-state index contributed by atoms with van der Waals surface area (Å²) in [5.74, 6) is 0.390. The van der Waals surface area contributed by atoms with Crippen LogP contribution in [-0.4, -0.2) is 36.3 Å². The van der Waals surface area contributed by atoms with Gasteiger partial charge in [0.15, 0.2) is 0 Å². The van der Waals surface area contributed by atoms with Gasteiger partial charge in [-0.15, -0.1) is 0 Å². The number of rotatable bonds is 4. The molecule has 2 aliphatic heterocycles. The Morgan fingerprint density at radius 2 is 2.00 bits per heavy atom. The maximum atomic E-state index is 11.3. The molecule has 0 aromatic heterocycles. The van der Waals surface area contributed by atoms with Crippen molar-refractivity contribution in [2.75, 3.05) is 19.6 Å². The van der Waals surface area contributed by atoms with Gasteiger partial charge >= 0.3 is 0 Å². The van der Waals surface area contributed by atoms with E-state index in [1.54, 1.807) is 0 Å². The zero-order valence-corrected chi connectivity index (χ0v) is 10.2. The largest absolute Gasteiger partial charge is 0.316 e. The normalized spacial score (nSPS) is 25.4. The Morgan fingerprint density at radius 1 is 1.24 bits per heavy atom. The first-order valence-corrected chi connectivity index (χ1v) is 6.51. The number of nitrogens with one attached hydrogen (secondary N) is 1. The molecule has 1 N–H and O–H groups in total. The second kappa shape index (κ2) is 5.96. The average Bonchev–Trinajstić information content (AvgIpc) is 2.57. The van der Waals surface area contributed by atoms with Crippen LogP contribution in [0.1, 0.15) is 32.1 Å². The lowest BCUT2D eigenvalue weighted by molar-refractivity contribution is -0.136. The van der Waals surface area contributed by atoms with Gasteiger partial charge in [0.25, 0.3) is 11.8 Å². The number of nitrogens with zero attached hydrogens (tertiary/aromatic N) is 1. The van der Waals surface area contributed by atoms with Crippen LogP contribution in [0.25, 0.3) is 0 Å². The molecule has 1 unspecified atom stereocenters. The molecule has 0 aromatic carbocycles. The highest BCUT2D eigenvalue weighted by Crippen LogP contribution is 2.17. The van der Waals surface area contributed by atoms with Crippen molar-refractivity contribution in [3.8, 4) is 0 Å².